The molecule has 0 aliphatic heterocycles. The van der Waals surface area contributed by atoms with Crippen molar-refractivity contribution in [2.45, 2.75) is 56.3 Å². The molecule has 0 unspecified atom stereocenters. The van der Waals surface area contributed by atoms with Gasteiger partial charge in [0.1, 0.15) is 0 Å². The van der Waals surface area contributed by atoms with Gasteiger partial charge in [-0.15, -0.1) is 0 Å². The minimum absolute atomic E-state index is 0.116. The third-order valence-corrected chi connectivity index (χ3v) is 5.73. The SMILES string of the molecule is CCS[C@@H]1CCC[C@@]2(C(=O)O)CCC[C@@]12O. The van der Waals surface area contributed by atoms with E-state index in [0.717, 1.165) is 25.0 Å². The number of hydrogen-bond acceptors (Lipinski definition) is 3. The van der Waals surface area contributed by atoms with Gasteiger partial charge in [-0.25, -0.2) is 0 Å². The van der Waals surface area contributed by atoms with Crippen LogP contribution >= 0.6 is 11.8 Å². The maximum absolute atomic E-state index is 11.5. The highest BCUT2D eigenvalue weighted by atomic mass is 32.2. The van der Waals surface area contributed by atoms with Gasteiger partial charge >= 0.3 is 5.97 Å². The molecule has 0 aromatic rings. The molecule has 4 heteroatoms. The summed E-state index contributed by atoms with van der Waals surface area (Å²) in [6.07, 6.45) is 4.72. The van der Waals surface area contributed by atoms with E-state index in [9.17, 15) is 15.0 Å². The summed E-state index contributed by atoms with van der Waals surface area (Å²) in [6, 6.07) is 0. The van der Waals surface area contributed by atoms with Crippen LogP contribution in [0, 0.1) is 5.41 Å². The quantitative estimate of drug-likeness (QED) is 0.799. The normalized spacial score (nSPS) is 43.0. The van der Waals surface area contributed by atoms with Crippen molar-refractivity contribution in [3.63, 3.8) is 0 Å². The summed E-state index contributed by atoms with van der Waals surface area (Å²) < 4.78 is 0. The highest BCUT2D eigenvalue weighted by Crippen LogP contribution is 2.57. The number of thioether (sulfide) groups is 1. The second-order valence-electron chi connectivity index (χ2n) is 5.00. The molecule has 0 radical (unpaired) electrons. The zero-order valence-corrected chi connectivity index (χ0v) is 10.6. The van der Waals surface area contributed by atoms with Crippen LogP contribution in [0.25, 0.3) is 0 Å². The first kappa shape index (κ1) is 12.2. The van der Waals surface area contributed by atoms with E-state index < -0.39 is 17.0 Å². The van der Waals surface area contributed by atoms with Crippen molar-refractivity contribution >= 4 is 17.7 Å². The van der Waals surface area contributed by atoms with Gasteiger partial charge < -0.3 is 10.2 Å². The minimum Gasteiger partial charge on any atom is -0.481 e. The molecule has 0 heterocycles. The van der Waals surface area contributed by atoms with Crippen LogP contribution in [0.5, 0.6) is 0 Å². The predicted octanol–water partition coefficient (Wildman–Crippen LogP) is 2.28. The molecule has 3 nitrogen and oxygen atoms in total. The molecule has 16 heavy (non-hydrogen) atoms. The average molecular weight is 244 g/mol. The first-order valence-corrected chi connectivity index (χ1v) is 7.19. The number of aliphatic hydroxyl groups is 1. The Morgan fingerprint density at radius 3 is 2.69 bits per heavy atom. The molecule has 2 aliphatic carbocycles. The Kier molecular flexibility index (Phi) is 3.23. The maximum atomic E-state index is 11.5. The first-order chi connectivity index (χ1) is 7.57. The lowest BCUT2D eigenvalue weighted by atomic mass is 9.65. The van der Waals surface area contributed by atoms with Crippen LogP contribution in [0.2, 0.25) is 0 Å². The van der Waals surface area contributed by atoms with Crippen molar-refractivity contribution in [2.75, 3.05) is 5.75 Å². The zero-order valence-electron chi connectivity index (χ0n) is 9.74. The van der Waals surface area contributed by atoms with E-state index in [0.29, 0.717) is 19.3 Å². The topological polar surface area (TPSA) is 57.5 Å². The molecule has 92 valence electrons. The minimum atomic E-state index is -0.961. The fourth-order valence-corrected chi connectivity index (χ4v) is 4.93. The Balaban J connectivity index is 2.33. The van der Waals surface area contributed by atoms with E-state index >= 15 is 0 Å². The van der Waals surface area contributed by atoms with Crippen LogP contribution in [0.4, 0.5) is 0 Å². The summed E-state index contributed by atoms with van der Waals surface area (Å²) in [7, 11) is 0. The Morgan fingerprint density at radius 2 is 2.06 bits per heavy atom. The third-order valence-electron chi connectivity index (χ3n) is 4.37. The maximum Gasteiger partial charge on any atom is 0.312 e. The van der Waals surface area contributed by atoms with Gasteiger partial charge in [-0.2, -0.15) is 11.8 Å². The van der Waals surface area contributed by atoms with Gasteiger partial charge in [0.2, 0.25) is 0 Å². The van der Waals surface area contributed by atoms with Crippen LogP contribution in [0.1, 0.15) is 45.4 Å². The molecule has 0 amide bonds. The number of carbonyl (C=O) groups is 1. The van der Waals surface area contributed by atoms with Crippen molar-refractivity contribution in [3.05, 3.63) is 0 Å². The van der Waals surface area contributed by atoms with Gasteiger partial charge in [-0.05, 0) is 37.9 Å². The Morgan fingerprint density at radius 1 is 1.38 bits per heavy atom. The van der Waals surface area contributed by atoms with E-state index in [4.69, 9.17) is 0 Å². The van der Waals surface area contributed by atoms with Gasteiger partial charge in [-0.3, -0.25) is 4.79 Å². The summed E-state index contributed by atoms with van der Waals surface area (Å²) in [5.41, 5.74) is -1.81. The van der Waals surface area contributed by atoms with E-state index in [1.54, 1.807) is 11.8 Å². The standard InChI is InChI=1S/C12H20O3S/c1-2-16-9-5-3-6-11(10(13)14)7-4-8-12(9,11)15/h9,15H,2-8H2,1H3,(H,13,14)/t9-,11+,12-/m1/s1. The summed E-state index contributed by atoms with van der Waals surface area (Å²) in [5, 5.41) is 20.4. The van der Waals surface area contributed by atoms with Gasteiger partial charge in [0.15, 0.2) is 0 Å². The van der Waals surface area contributed by atoms with Gasteiger partial charge in [-0.1, -0.05) is 13.3 Å². The highest BCUT2D eigenvalue weighted by molar-refractivity contribution is 7.99. The Labute approximate surface area is 101 Å². The molecule has 2 N–H and O–H groups in total. The number of rotatable bonds is 3. The van der Waals surface area contributed by atoms with E-state index in [1.807, 2.05) is 0 Å². The lowest BCUT2D eigenvalue weighted by Gasteiger charge is -2.47. The highest BCUT2D eigenvalue weighted by Gasteiger charge is 2.63. The van der Waals surface area contributed by atoms with Crippen LogP contribution in [-0.2, 0) is 4.79 Å². The molecule has 2 rings (SSSR count). The lowest BCUT2D eigenvalue weighted by molar-refractivity contribution is -0.170. The number of carboxylic acid groups (broad SMARTS) is 1. The lowest BCUT2D eigenvalue weighted by Crippen LogP contribution is -2.58. The van der Waals surface area contributed by atoms with Gasteiger partial charge in [0.25, 0.3) is 0 Å². The number of carboxylic acids is 1. The second-order valence-corrected chi connectivity index (χ2v) is 6.48. The Hall–Kier alpha value is -0.220. The molecule has 0 aromatic heterocycles. The summed E-state index contributed by atoms with van der Waals surface area (Å²) in [5.74, 6) is 0.164. The van der Waals surface area contributed by atoms with Crippen molar-refractivity contribution in [3.8, 4) is 0 Å². The predicted molar refractivity (Wildman–Crippen MR) is 64.6 cm³/mol. The molecule has 2 saturated carbocycles. The van der Waals surface area contributed by atoms with E-state index in [1.165, 1.54) is 0 Å². The molecular formula is C12H20O3S. The number of hydrogen-bond donors (Lipinski definition) is 2. The molecule has 0 bridgehead atoms. The molecule has 0 saturated heterocycles. The van der Waals surface area contributed by atoms with Gasteiger partial charge in [0.05, 0.1) is 11.0 Å². The van der Waals surface area contributed by atoms with Crippen LogP contribution in [0.15, 0.2) is 0 Å². The van der Waals surface area contributed by atoms with Crippen LogP contribution in [-0.4, -0.2) is 32.8 Å². The molecule has 0 spiro atoms. The second kappa shape index (κ2) is 4.22. The van der Waals surface area contributed by atoms with Crippen molar-refractivity contribution < 1.29 is 15.0 Å². The van der Waals surface area contributed by atoms with Crippen molar-refractivity contribution in [2.24, 2.45) is 5.41 Å². The van der Waals surface area contributed by atoms with Crippen LogP contribution < -0.4 is 0 Å². The summed E-state index contributed by atoms with van der Waals surface area (Å²) >= 11 is 1.73. The number of fused-ring (bicyclic) bond motifs is 1. The van der Waals surface area contributed by atoms with E-state index in [-0.39, 0.29) is 5.25 Å². The number of aliphatic carboxylic acids is 1. The van der Waals surface area contributed by atoms with Crippen LogP contribution in [0.3, 0.4) is 0 Å². The first-order valence-electron chi connectivity index (χ1n) is 6.14. The summed E-state index contributed by atoms with van der Waals surface area (Å²) in [4.78, 5) is 11.5. The monoisotopic (exact) mass is 244 g/mol. The zero-order chi connectivity index (χ0) is 11.8. The van der Waals surface area contributed by atoms with Crippen molar-refractivity contribution in [1.82, 2.24) is 0 Å². The molecule has 3 atom stereocenters. The smallest absolute Gasteiger partial charge is 0.312 e. The molecule has 0 aromatic carbocycles. The van der Waals surface area contributed by atoms with E-state index in [2.05, 4.69) is 6.92 Å². The van der Waals surface area contributed by atoms with Gasteiger partial charge in [0, 0.05) is 5.25 Å². The fraction of sp³-hybridized carbons (Fsp3) is 0.917. The summed E-state index contributed by atoms with van der Waals surface area (Å²) in [6.45, 7) is 2.07. The molecule has 2 fully saturated rings. The molecular weight excluding hydrogens is 224 g/mol. The Bertz CT molecular complexity index is 292. The third kappa shape index (κ3) is 1.50. The van der Waals surface area contributed by atoms with Crippen molar-refractivity contribution in [1.29, 1.82) is 0 Å². The fourth-order valence-electron chi connectivity index (χ4n) is 3.58. The largest absolute Gasteiger partial charge is 0.481 e. The average Bonchev–Trinajstić information content (AvgIpc) is 2.58. The molecule has 2 aliphatic rings.